The Kier molecular flexibility index (Phi) is 6.54. The number of nitrogens with one attached hydrogen (secondary N) is 1. The van der Waals surface area contributed by atoms with E-state index in [9.17, 15) is 4.79 Å². The van der Waals surface area contributed by atoms with Gasteiger partial charge in [0.05, 0.1) is 0 Å². The second kappa shape index (κ2) is 6.82. The molecule has 0 aromatic rings. The monoisotopic (exact) mass is 200 g/mol. The molecule has 3 nitrogen and oxygen atoms in total. The van der Waals surface area contributed by atoms with Crippen molar-refractivity contribution in [1.82, 2.24) is 5.32 Å². The predicted octanol–water partition coefficient (Wildman–Crippen LogP) is 1.52. The first kappa shape index (κ1) is 13.4. The van der Waals surface area contributed by atoms with E-state index in [0.717, 1.165) is 6.42 Å². The summed E-state index contributed by atoms with van der Waals surface area (Å²) in [6.45, 7) is 8.90. The Morgan fingerprint density at radius 1 is 1.29 bits per heavy atom. The van der Waals surface area contributed by atoms with E-state index >= 15 is 0 Å². The van der Waals surface area contributed by atoms with Crippen LogP contribution in [0, 0.1) is 11.8 Å². The molecular formula is C11H24N2O. The Balaban J connectivity index is 3.71. The van der Waals surface area contributed by atoms with Crippen molar-refractivity contribution in [2.24, 2.45) is 17.6 Å². The van der Waals surface area contributed by atoms with Crippen LogP contribution in [0.25, 0.3) is 0 Å². The van der Waals surface area contributed by atoms with Crippen molar-refractivity contribution in [3.05, 3.63) is 0 Å². The van der Waals surface area contributed by atoms with Gasteiger partial charge in [-0.1, -0.05) is 20.8 Å². The van der Waals surface area contributed by atoms with Gasteiger partial charge >= 0.3 is 0 Å². The van der Waals surface area contributed by atoms with Gasteiger partial charge in [0.1, 0.15) is 0 Å². The van der Waals surface area contributed by atoms with E-state index in [1.54, 1.807) is 0 Å². The van der Waals surface area contributed by atoms with Crippen molar-refractivity contribution >= 4 is 5.91 Å². The number of hydrogen-bond acceptors (Lipinski definition) is 2. The van der Waals surface area contributed by atoms with Crippen LogP contribution in [-0.2, 0) is 4.79 Å². The molecule has 0 heterocycles. The number of amides is 1. The molecule has 0 saturated carbocycles. The maximum absolute atomic E-state index is 11.4. The van der Waals surface area contributed by atoms with Gasteiger partial charge in [-0.15, -0.1) is 0 Å². The third-order valence-electron chi connectivity index (χ3n) is 2.17. The zero-order valence-corrected chi connectivity index (χ0v) is 9.84. The lowest BCUT2D eigenvalue weighted by Crippen LogP contribution is -2.38. The van der Waals surface area contributed by atoms with Gasteiger partial charge in [-0.05, 0) is 25.2 Å². The summed E-state index contributed by atoms with van der Waals surface area (Å²) in [5.74, 6) is 1.24. The molecule has 0 aromatic carbocycles. The minimum atomic E-state index is 0.0914. The molecule has 0 aromatic heterocycles. The summed E-state index contributed by atoms with van der Waals surface area (Å²) in [6, 6.07) is 0.0914. The van der Waals surface area contributed by atoms with Crippen LogP contribution in [0.1, 0.15) is 40.5 Å². The molecule has 0 rings (SSSR count). The Morgan fingerprint density at radius 2 is 1.86 bits per heavy atom. The first-order chi connectivity index (χ1) is 6.45. The first-order valence-corrected chi connectivity index (χ1v) is 5.45. The molecule has 0 saturated heterocycles. The van der Waals surface area contributed by atoms with Gasteiger partial charge in [0, 0.05) is 19.0 Å². The second-order valence-corrected chi connectivity index (χ2v) is 4.64. The molecule has 0 fully saturated rings. The largest absolute Gasteiger partial charge is 0.352 e. The van der Waals surface area contributed by atoms with Crippen molar-refractivity contribution in [1.29, 1.82) is 0 Å². The van der Waals surface area contributed by atoms with E-state index in [1.807, 2.05) is 6.92 Å². The molecule has 0 spiro atoms. The average Bonchev–Trinajstić information content (AvgIpc) is 2.01. The number of rotatable bonds is 6. The highest BCUT2D eigenvalue weighted by Crippen LogP contribution is 2.14. The van der Waals surface area contributed by atoms with Crippen LogP contribution in [-0.4, -0.2) is 18.5 Å². The molecule has 0 radical (unpaired) electrons. The third kappa shape index (κ3) is 6.89. The molecule has 14 heavy (non-hydrogen) atoms. The molecule has 1 unspecified atom stereocenters. The van der Waals surface area contributed by atoms with Gasteiger partial charge < -0.3 is 11.1 Å². The maximum Gasteiger partial charge on any atom is 0.220 e. The molecule has 0 aliphatic rings. The zero-order valence-electron chi connectivity index (χ0n) is 9.84. The number of carbonyl (C=O) groups is 1. The van der Waals surface area contributed by atoms with Gasteiger partial charge in [0.25, 0.3) is 0 Å². The molecule has 0 aliphatic heterocycles. The number of hydrogen-bond donors (Lipinski definition) is 2. The Bertz CT molecular complexity index is 169. The maximum atomic E-state index is 11.4. The molecular weight excluding hydrogens is 176 g/mol. The molecule has 0 aliphatic carbocycles. The van der Waals surface area contributed by atoms with Crippen LogP contribution in [0.15, 0.2) is 0 Å². The van der Waals surface area contributed by atoms with E-state index in [1.165, 1.54) is 0 Å². The topological polar surface area (TPSA) is 55.1 Å². The standard InChI is InChI=1S/C11H24N2O/c1-8(2)5-9(3)6-11(14)13-10(4)7-12/h8-10H,5-7,12H2,1-4H3,(H,13,14)/t9?,10-/m0/s1. The van der Waals surface area contributed by atoms with E-state index in [0.29, 0.717) is 24.8 Å². The molecule has 2 atom stereocenters. The van der Waals surface area contributed by atoms with Crippen LogP contribution < -0.4 is 11.1 Å². The SMILES string of the molecule is CC(C)CC(C)CC(=O)N[C@@H](C)CN. The molecule has 84 valence electrons. The summed E-state index contributed by atoms with van der Waals surface area (Å²) < 4.78 is 0. The molecule has 3 heteroatoms. The smallest absolute Gasteiger partial charge is 0.220 e. The van der Waals surface area contributed by atoms with E-state index in [4.69, 9.17) is 5.73 Å². The second-order valence-electron chi connectivity index (χ2n) is 4.64. The fourth-order valence-corrected chi connectivity index (χ4v) is 1.60. The van der Waals surface area contributed by atoms with E-state index in [2.05, 4.69) is 26.1 Å². The fourth-order valence-electron chi connectivity index (χ4n) is 1.60. The van der Waals surface area contributed by atoms with Crippen LogP contribution in [0.3, 0.4) is 0 Å². The van der Waals surface area contributed by atoms with Crippen molar-refractivity contribution in [3.8, 4) is 0 Å². The Labute approximate surface area is 87.4 Å². The predicted molar refractivity (Wildman–Crippen MR) is 59.9 cm³/mol. The molecule has 1 amide bonds. The van der Waals surface area contributed by atoms with Gasteiger partial charge in [-0.25, -0.2) is 0 Å². The number of nitrogens with two attached hydrogens (primary N) is 1. The van der Waals surface area contributed by atoms with Crippen LogP contribution >= 0.6 is 0 Å². The third-order valence-corrected chi connectivity index (χ3v) is 2.17. The highest BCUT2D eigenvalue weighted by Gasteiger charge is 2.11. The van der Waals surface area contributed by atoms with Crippen LogP contribution in [0.5, 0.6) is 0 Å². The highest BCUT2D eigenvalue weighted by atomic mass is 16.1. The first-order valence-electron chi connectivity index (χ1n) is 5.45. The van der Waals surface area contributed by atoms with Crippen molar-refractivity contribution in [2.75, 3.05) is 6.54 Å². The van der Waals surface area contributed by atoms with E-state index in [-0.39, 0.29) is 11.9 Å². The summed E-state index contributed by atoms with van der Waals surface area (Å²) in [4.78, 5) is 11.4. The summed E-state index contributed by atoms with van der Waals surface area (Å²) >= 11 is 0. The lowest BCUT2D eigenvalue weighted by molar-refractivity contribution is -0.122. The van der Waals surface area contributed by atoms with Crippen molar-refractivity contribution in [2.45, 2.75) is 46.6 Å². The highest BCUT2D eigenvalue weighted by molar-refractivity contribution is 5.76. The summed E-state index contributed by atoms with van der Waals surface area (Å²) in [5.41, 5.74) is 5.42. The minimum absolute atomic E-state index is 0.0914. The lowest BCUT2D eigenvalue weighted by Gasteiger charge is -2.16. The fraction of sp³-hybridized carbons (Fsp3) is 0.909. The van der Waals surface area contributed by atoms with Gasteiger partial charge in [-0.3, -0.25) is 4.79 Å². The van der Waals surface area contributed by atoms with Crippen molar-refractivity contribution < 1.29 is 4.79 Å². The lowest BCUT2D eigenvalue weighted by atomic mass is 9.96. The van der Waals surface area contributed by atoms with Crippen molar-refractivity contribution in [3.63, 3.8) is 0 Å². The summed E-state index contributed by atoms with van der Waals surface area (Å²) in [7, 11) is 0. The van der Waals surface area contributed by atoms with Crippen LogP contribution in [0.2, 0.25) is 0 Å². The van der Waals surface area contributed by atoms with Gasteiger partial charge in [0.2, 0.25) is 5.91 Å². The normalized spacial score (nSPS) is 15.3. The zero-order chi connectivity index (χ0) is 11.1. The van der Waals surface area contributed by atoms with Crippen LogP contribution in [0.4, 0.5) is 0 Å². The Morgan fingerprint density at radius 3 is 2.29 bits per heavy atom. The Hall–Kier alpha value is -0.570. The number of carbonyl (C=O) groups excluding carboxylic acids is 1. The minimum Gasteiger partial charge on any atom is -0.352 e. The molecule has 0 bridgehead atoms. The average molecular weight is 200 g/mol. The van der Waals surface area contributed by atoms with E-state index < -0.39 is 0 Å². The molecule has 3 N–H and O–H groups in total. The summed E-state index contributed by atoms with van der Waals surface area (Å²) in [6.07, 6.45) is 1.72. The summed E-state index contributed by atoms with van der Waals surface area (Å²) in [5, 5.41) is 2.87. The van der Waals surface area contributed by atoms with Gasteiger partial charge in [-0.2, -0.15) is 0 Å². The van der Waals surface area contributed by atoms with Gasteiger partial charge in [0.15, 0.2) is 0 Å². The quantitative estimate of drug-likeness (QED) is 0.683.